The number of nitrogens with one attached hydrogen (secondary N) is 2. The molecule has 0 bridgehead atoms. The lowest BCUT2D eigenvalue weighted by Crippen LogP contribution is -2.27. The van der Waals surface area contributed by atoms with Gasteiger partial charge in [-0.3, -0.25) is 4.79 Å². The molecule has 0 aliphatic rings. The zero-order valence-electron chi connectivity index (χ0n) is 15.5. The van der Waals surface area contributed by atoms with E-state index < -0.39 is 0 Å². The summed E-state index contributed by atoms with van der Waals surface area (Å²) in [6, 6.07) is 9.46. The second-order valence-electron chi connectivity index (χ2n) is 5.81. The van der Waals surface area contributed by atoms with Crippen LogP contribution in [0.5, 0.6) is 5.75 Å². The van der Waals surface area contributed by atoms with Crippen molar-refractivity contribution >= 4 is 11.7 Å². The molecule has 1 aromatic carbocycles. The molecule has 1 heterocycles. The largest absolute Gasteiger partial charge is 0.497 e. The summed E-state index contributed by atoms with van der Waals surface area (Å²) >= 11 is 0. The first-order chi connectivity index (χ1) is 12.6. The standard InChI is InChI=1S/C19H26N4O3/c1-14-22-17(13-18(23-14)20-10-4-12-25-2)19(24)21-11-9-15-5-7-16(26-3)8-6-15/h5-8,13H,4,9-12H2,1-3H3,(H,21,24)(H,20,22,23). The minimum absolute atomic E-state index is 0.205. The minimum Gasteiger partial charge on any atom is -0.497 e. The number of ether oxygens (including phenoxy) is 2. The van der Waals surface area contributed by atoms with E-state index in [-0.39, 0.29) is 5.91 Å². The Morgan fingerprint density at radius 2 is 1.88 bits per heavy atom. The second kappa shape index (κ2) is 10.4. The summed E-state index contributed by atoms with van der Waals surface area (Å²) in [5.41, 5.74) is 1.49. The van der Waals surface area contributed by atoms with Crippen LogP contribution in [0.4, 0.5) is 5.82 Å². The lowest BCUT2D eigenvalue weighted by Gasteiger charge is -2.09. The normalized spacial score (nSPS) is 10.4. The van der Waals surface area contributed by atoms with E-state index in [1.165, 1.54) is 0 Å². The quantitative estimate of drug-likeness (QED) is 0.634. The number of carbonyl (C=O) groups excluding carboxylic acids is 1. The predicted molar refractivity (Wildman–Crippen MR) is 101 cm³/mol. The molecule has 0 saturated carbocycles. The molecule has 7 heteroatoms. The number of amides is 1. The third kappa shape index (κ3) is 6.33. The maximum absolute atomic E-state index is 12.3. The highest BCUT2D eigenvalue weighted by atomic mass is 16.5. The first-order valence-corrected chi connectivity index (χ1v) is 8.62. The third-order valence-corrected chi connectivity index (χ3v) is 3.76. The Morgan fingerprint density at radius 1 is 1.12 bits per heavy atom. The molecule has 0 fully saturated rings. The van der Waals surface area contributed by atoms with Crippen molar-refractivity contribution in [2.24, 2.45) is 0 Å². The van der Waals surface area contributed by atoms with Gasteiger partial charge in [-0.25, -0.2) is 9.97 Å². The maximum Gasteiger partial charge on any atom is 0.270 e. The van der Waals surface area contributed by atoms with E-state index in [0.717, 1.165) is 30.7 Å². The highest BCUT2D eigenvalue weighted by Gasteiger charge is 2.10. The second-order valence-corrected chi connectivity index (χ2v) is 5.81. The van der Waals surface area contributed by atoms with Crippen molar-refractivity contribution in [1.29, 1.82) is 0 Å². The molecule has 2 rings (SSSR count). The molecule has 7 nitrogen and oxygen atoms in total. The molecule has 0 unspecified atom stereocenters. The van der Waals surface area contributed by atoms with Crippen LogP contribution in [0.2, 0.25) is 0 Å². The van der Waals surface area contributed by atoms with Crippen molar-refractivity contribution in [3.8, 4) is 5.75 Å². The van der Waals surface area contributed by atoms with Crippen molar-refractivity contribution in [2.45, 2.75) is 19.8 Å². The van der Waals surface area contributed by atoms with Crippen LogP contribution in [0, 0.1) is 6.92 Å². The highest BCUT2D eigenvalue weighted by molar-refractivity contribution is 5.92. The summed E-state index contributed by atoms with van der Waals surface area (Å²) in [5.74, 6) is 1.82. The van der Waals surface area contributed by atoms with Crippen LogP contribution in [0.15, 0.2) is 30.3 Å². The van der Waals surface area contributed by atoms with Gasteiger partial charge in [-0.2, -0.15) is 0 Å². The number of nitrogens with zero attached hydrogens (tertiary/aromatic N) is 2. The monoisotopic (exact) mass is 358 g/mol. The van der Waals surface area contributed by atoms with E-state index in [4.69, 9.17) is 9.47 Å². The number of carbonyl (C=O) groups is 1. The summed E-state index contributed by atoms with van der Waals surface area (Å²) in [6.45, 7) is 3.71. The van der Waals surface area contributed by atoms with Crippen LogP contribution in [-0.2, 0) is 11.2 Å². The molecule has 0 aliphatic heterocycles. The van der Waals surface area contributed by atoms with Gasteiger partial charge in [-0.1, -0.05) is 12.1 Å². The van der Waals surface area contributed by atoms with Gasteiger partial charge in [-0.05, 0) is 37.5 Å². The molecule has 140 valence electrons. The number of benzene rings is 1. The molecule has 1 aromatic heterocycles. The smallest absolute Gasteiger partial charge is 0.270 e. The van der Waals surface area contributed by atoms with Gasteiger partial charge in [0.1, 0.15) is 23.1 Å². The van der Waals surface area contributed by atoms with E-state index in [2.05, 4.69) is 20.6 Å². The lowest BCUT2D eigenvalue weighted by molar-refractivity contribution is 0.0948. The first kappa shape index (κ1) is 19.7. The maximum atomic E-state index is 12.3. The molecule has 0 radical (unpaired) electrons. The molecular formula is C19H26N4O3. The Morgan fingerprint density at radius 3 is 2.58 bits per heavy atom. The Labute approximate surface area is 154 Å². The van der Waals surface area contributed by atoms with Gasteiger partial charge in [0.25, 0.3) is 5.91 Å². The molecule has 0 aliphatic carbocycles. The summed E-state index contributed by atoms with van der Waals surface area (Å²) in [7, 11) is 3.31. The number of rotatable bonds is 10. The van der Waals surface area contributed by atoms with Crippen LogP contribution in [0.25, 0.3) is 0 Å². The third-order valence-electron chi connectivity index (χ3n) is 3.76. The summed E-state index contributed by atoms with van der Waals surface area (Å²) in [6.07, 6.45) is 1.60. The fraction of sp³-hybridized carbons (Fsp3) is 0.421. The van der Waals surface area contributed by atoms with Gasteiger partial charge in [0, 0.05) is 32.9 Å². The number of methoxy groups -OCH3 is 2. The molecule has 2 aromatic rings. The SMILES string of the molecule is COCCCNc1cc(C(=O)NCCc2ccc(OC)cc2)nc(C)n1. The van der Waals surface area contributed by atoms with Gasteiger partial charge in [0.2, 0.25) is 0 Å². The van der Waals surface area contributed by atoms with Crippen molar-refractivity contribution in [3.63, 3.8) is 0 Å². The van der Waals surface area contributed by atoms with Gasteiger partial charge in [0.05, 0.1) is 7.11 Å². The summed E-state index contributed by atoms with van der Waals surface area (Å²) in [4.78, 5) is 20.9. The van der Waals surface area contributed by atoms with E-state index in [9.17, 15) is 4.79 Å². The molecule has 1 amide bonds. The minimum atomic E-state index is -0.205. The van der Waals surface area contributed by atoms with Gasteiger partial charge in [0.15, 0.2) is 0 Å². The number of hydrogen-bond donors (Lipinski definition) is 2. The number of aromatic nitrogens is 2. The van der Waals surface area contributed by atoms with Gasteiger partial charge < -0.3 is 20.1 Å². The highest BCUT2D eigenvalue weighted by Crippen LogP contribution is 2.11. The number of aryl methyl sites for hydroxylation is 1. The summed E-state index contributed by atoms with van der Waals surface area (Å²) in [5, 5.41) is 6.08. The Bertz CT molecular complexity index is 704. The predicted octanol–water partition coefficient (Wildman–Crippen LogP) is 2.21. The molecule has 2 N–H and O–H groups in total. The average Bonchev–Trinajstić information content (AvgIpc) is 2.65. The van der Waals surface area contributed by atoms with Crippen molar-refractivity contribution in [2.75, 3.05) is 39.2 Å². The van der Waals surface area contributed by atoms with Gasteiger partial charge in [-0.15, -0.1) is 0 Å². The lowest BCUT2D eigenvalue weighted by atomic mass is 10.1. The number of anilines is 1. The zero-order valence-corrected chi connectivity index (χ0v) is 15.5. The van der Waals surface area contributed by atoms with Crippen LogP contribution >= 0.6 is 0 Å². The van der Waals surface area contributed by atoms with Crippen molar-refractivity contribution < 1.29 is 14.3 Å². The number of hydrogen-bond acceptors (Lipinski definition) is 6. The first-order valence-electron chi connectivity index (χ1n) is 8.62. The molecular weight excluding hydrogens is 332 g/mol. The van der Waals surface area contributed by atoms with E-state index in [1.54, 1.807) is 27.2 Å². The van der Waals surface area contributed by atoms with Crippen molar-refractivity contribution in [3.05, 3.63) is 47.4 Å². The van der Waals surface area contributed by atoms with E-state index in [0.29, 0.717) is 30.5 Å². The van der Waals surface area contributed by atoms with Crippen LogP contribution in [-0.4, -0.2) is 49.8 Å². The molecule has 0 spiro atoms. The van der Waals surface area contributed by atoms with Crippen LogP contribution < -0.4 is 15.4 Å². The molecule has 0 saturated heterocycles. The molecule has 0 atom stereocenters. The zero-order chi connectivity index (χ0) is 18.8. The fourth-order valence-electron chi connectivity index (χ4n) is 2.41. The summed E-state index contributed by atoms with van der Waals surface area (Å²) < 4.78 is 10.2. The van der Waals surface area contributed by atoms with Gasteiger partial charge >= 0.3 is 0 Å². The Hall–Kier alpha value is -2.67. The van der Waals surface area contributed by atoms with E-state index in [1.807, 2.05) is 24.3 Å². The average molecular weight is 358 g/mol. The Balaban J connectivity index is 1.86. The topological polar surface area (TPSA) is 85.4 Å². The Kier molecular flexibility index (Phi) is 7.82. The fourth-order valence-corrected chi connectivity index (χ4v) is 2.41. The van der Waals surface area contributed by atoms with E-state index >= 15 is 0 Å². The van der Waals surface area contributed by atoms with Crippen molar-refractivity contribution in [1.82, 2.24) is 15.3 Å². The molecule has 26 heavy (non-hydrogen) atoms. The van der Waals surface area contributed by atoms with Crippen LogP contribution in [0.1, 0.15) is 28.3 Å². The van der Waals surface area contributed by atoms with Crippen LogP contribution in [0.3, 0.4) is 0 Å².